The Morgan fingerprint density at radius 2 is 2.38 bits per heavy atom. The van der Waals surface area contributed by atoms with Crippen LogP contribution in [-0.4, -0.2) is 33.8 Å². The van der Waals surface area contributed by atoms with Crippen LogP contribution in [0.5, 0.6) is 0 Å². The first kappa shape index (κ1) is 12.4. The summed E-state index contributed by atoms with van der Waals surface area (Å²) in [6.45, 7) is 1.93. The Morgan fingerprint density at radius 1 is 1.69 bits per heavy atom. The molecule has 1 rings (SSSR count). The van der Waals surface area contributed by atoms with E-state index in [4.69, 9.17) is 10.2 Å². The summed E-state index contributed by atoms with van der Waals surface area (Å²) >= 11 is 0. The molecule has 0 aliphatic rings. The highest BCUT2D eigenvalue weighted by molar-refractivity contribution is 5.88. The van der Waals surface area contributed by atoms with Crippen molar-refractivity contribution in [3.8, 4) is 0 Å². The van der Waals surface area contributed by atoms with Crippen molar-refractivity contribution in [1.82, 2.24) is 4.98 Å². The lowest BCUT2D eigenvalue weighted by Gasteiger charge is -2.08. The normalized spacial score (nSPS) is 12.2. The second kappa shape index (κ2) is 5.41. The molecular formula is C10H13FN2O3. The Hall–Kier alpha value is -1.69. The first-order chi connectivity index (χ1) is 7.52. The topological polar surface area (TPSA) is 82.5 Å². The van der Waals surface area contributed by atoms with E-state index in [0.29, 0.717) is 13.0 Å². The molecule has 0 fully saturated rings. The summed E-state index contributed by atoms with van der Waals surface area (Å²) in [6, 6.07) is 1.09. The molecule has 0 aromatic carbocycles. The van der Waals surface area contributed by atoms with Crippen molar-refractivity contribution in [1.29, 1.82) is 0 Å². The van der Waals surface area contributed by atoms with E-state index in [1.54, 1.807) is 6.92 Å². The van der Waals surface area contributed by atoms with E-state index in [9.17, 15) is 9.18 Å². The van der Waals surface area contributed by atoms with E-state index in [0.717, 1.165) is 6.07 Å². The van der Waals surface area contributed by atoms with E-state index in [-0.39, 0.29) is 5.82 Å². The number of aromatic nitrogens is 1. The number of aliphatic hydroxyl groups excluding tert-OH is 1. The van der Waals surface area contributed by atoms with Crippen LogP contribution in [0.15, 0.2) is 12.3 Å². The number of rotatable bonds is 5. The third-order valence-corrected chi connectivity index (χ3v) is 1.97. The molecule has 0 radical (unpaired) electrons. The minimum absolute atomic E-state index is 0.111. The Bertz CT molecular complexity index is 382. The van der Waals surface area contributed by atoms with Crippen LogP contribution in [0, 0.1) is 5.82 Å². The summed E-state index contributed by atoms with van der Waals surface area (Å²) in [4.78, 5) is 14.3. The Labute approximate surface area is 91.9 Å². The minimum Gasteiger partial charge on any atom is -0.478 e. The first-order valence-corrected chi connectivity index (χ1v) is 4.82. The molecule has 0 saturated carbocycles. The molecule has 1 aromatic rings. The number of carboxylic acids is 1. The third kappa shape index (κ3) is 3.16. The summed E-state index contributed by atoms with van der Waals surface area (Å²) in [5.41, 5.74) is -0.422. The number of carboxylic acid groups (broad SMARTS) is 1. The second-order valence-corrected chi connectivity index (χ2v) is 3.39. The second-order valence-electron chi connectivity index (χ2n) is 3.39. The van der Waals surface area contributed by atoms with Gasteiger partial charge in [0.1, 0.15) is 5.56 Å². The number of aromatic carboxylic acids is 1. The summed E-state index contributed by atoms with van der Waals surface area (Å²) in [5.74, 6) is -2.33. The molecule has 5 nitrogen and oxygen atoms in total. The zero-order chi connectivity index (χ0) is 12.1. The van der Waals surface area contributed by atoms with Gasteiger partial charge in [0.25, 0.3) is 0 Å². The van der Waals surface area contributed by atoms with Gasteiger partial charge in [0, 0.05) is 12.7 Å². The van der Waals surface area contributed by atoms with Gasteiger partial charge in [-0.25, -0.2) is 14.2 Å². The van der Waals surface area contributed by atoms with Crippen molar-refractivity contribution in [2.24, 2.45) is 0 Å². The highest BCUT2D eigenvalue weighted by Gasteiger charge is 2.14. The molecule has 1 unspecified atom stereocenters. The maximum Gasteiger partial charge on any atom is 0.338 e. The largest absolute Gasteiger partial charge is 0.478 e. The van der Waals surface area contributed by atoms with Crippen LogP contribution in [0.1, 0.15) is 23.7 Å². The quantitative estimate of drug-likeness (QED) is 0.703. The number of halogens is 1. The van der Waals surface area contributed by atoms with Crippen molar-refractivity contribution in [2.45, 2.75) is 19.4 Å². The summed E-state index contributed by atoms with van der Waals surface area (Å²) in [7, 11) is 0. The van der Waals surface area contributed by atoms with E-state index in [1.807, 2.05) is 0 Å². The molecule has 3 N–H and O–H groups in total. The van der Waals surface area contributed by atoms with Gasteiger partial charge in [0.05, 0.1) is 6.10 Å². The third-order valence-electron chi connectivity index (χ3n) is 1.97. The fourth-order valence-electron chi connectivity index (χ4n) is 1.13. The number of nitrogens with one attached hydrogen (secondary N) is 1. The van der Waals surface area contributed by atoms with Crippen LogP contribution in [0.2, 0.25) is 0 Å². The lowest BCUT2D eigenvalue weighted by molar-refractivity contribution is 0.0691. The van der Waals surface area contributed by atoms with Crippen LogP contribution in [-0.2, 0) is 0 Å². The van der Waals surface area contributed by atoms with E-state index in [2.05, 4.69) is 10.3 Å². The molecule has 0 aliphatic heterocycles. The summed E-state index contributed by atoms with van der Waals surface area (Å²) in [5, 5.41) is 20.3. The van der Waals surface area contributed by atoms with E-state index in [1.165, 1.54) is 6.20 Å². The molecule has 1 heterocycles. The van der Waals surface area contributed by atoms with Crippen LogP contribution >= 0.6 is 0 Å². The lowest BCUT2D eigenvalue weighted by atomic mass is 10.2. The standard InChI is InChI=1S/C10H13FN2O3/c1-6(14)2-4-12-9-8(11)7(10(15)16)3-5-13-9/h3,5-6,14H,2,4H2,1H3,(H,12,13)(H,15,16). The minimum atomic E-state index is -1.33. The van der Waals surface area contributed by atoms with Crippen molar-refractivity contribution in [3.63, 3.8) is 0 Å². The zero-order valence-electron chi connectivity index (χ0n) is 8.77. The number of pyridine rings is 1. The van der Waals surface area contributed by atoms with Gasteiger partial charge in [-0.1, -0.05) is 0 Å². The molecule has 0 amide bonds. The highest BCUT2D eigenvalue weighted by atomic mass is 19.1. The van der Waals surface area contributed by atoms with E-state index < -0.39 is 23.5 Å². The zero-order valence-corrected chi connectivity index (χ0v) is 8.77. The number of hydrogen-bond acceptors (Lipinski definition) is 4. The average molecular weight is 228 g/mol. The molecular weight excluding hydrogens is 215 g/mol. The molecule has 0 spiro atoms. The number of anilines is 1. The smallest absolute Gasteiger partial charge is 0.338 e. The number of carbonyl (C=O) groups is 1. The molecule has 16 heavy (non-hydrogen) atoms. The number of aliphatic hydroxyl groups is 1. The molecule has 1 aromatic heterocycles. The van der Waals surface area contributed by atoms with Gasteiger partial charge >= 0.3 is 5.97 Å². The predicted molar refractivity (Wildman–Crippen MR) is 55.9 cm³/mol. The fraction of sp³-hybridized carbons (Fsp3) is 0.400. The highest BCUT2D eigenvalue weighted by Crippen LogP contribution is 2.14. The Balaban J connectivity index is 2.73. The maximum absolute atomic E-state index is 13.5. The lowest BCUT2D eigenvalue weighted by Crippen LogP contribution is -2.13. The van der Waals surface area contributed by atoms with E-state index >= 15 is 0 Å². The van der Waals surface area contributed by atoms with Gasteiger partial charge < -0.3 is 15.5 Å². The van der Waals surface area contributed by atoms with Gasteiger partial charge in [-0.15, -0.1) is 0 Å². The van der Waals surface area contributed by atoms with Crippen LogP contribution in [0.4, 0.5) is 10.2 Å². The first-order valence-electron chi connectivity index (χ1n) is 4.82. The number of nitrogens with zero attached hydrogens (tertiary/aromatic N) is 1. The van der Waals surface area contributed by atoms with Crippen molar-refractivity contribution >= 4 is 11.8 Å². The molecule has 88 valence electrons. The van der Waals surface area contributed by atoms with Crippen molar-refractivity contribution in [3.05, 3.63) is 23.6 Å². The molecule has 1 atom stereocenters. The summed E-state index contributed by atoms with van der Waals surface area (Å²) < 4.78 is 13.5. The SMILES string of the molecule is CC(O)CCNc1nccc(C(=O)O)c1F. The Kier molecular flexibility index (Phi) is 4.19. The van der Waals surface area contributed by atoms with Crippen molar-refractivity contribution < 1.29 is 19.4 Å². The number of hydrogen-bond donors (Lipinski definition) is 3. The van der Waals surface area contributed by atoms with Gasteiger partial charge in [-0.05, 0) is 19.4 Å². The molecule has 0 aliphatic carbocycles. The van der Waals surface area contributed by atoms with Gasteiger partial charge in [0.2, 0.25) is 0 Å². The van der Waals surface area contributed by atoms with Gasteiger partial charge in [0.15, 0.2) is 11.6 Å². The van der Waals surface area contributed by atoms with Gasteiger partial charge in [-0.3, -0.25) is 0 Å². The van der Waals surface area contributed by atoms with Crippen LogP contribution in [0.3, 0.4) is 0 Å². The van der Waals surface area contributed by atoms with Gasteiger partial charge in [-0.2, -0.15) is 0 Å². The molecule has 0 bridgehead atoms. The van der Waals surface area contributed by atoms with Crippen LogP contribution < -0.4 is 5.32 Å². The predicted octanol–water partition coefficient (Wildman–Crippen LogP) is 1.10. The van der Waals surface area contributed by atoms with Crippen molar-refractivity contribution in [2.75, 3.05) is 11.9 Å². The summed E-state index contributed by atoms with van der Waals surface area (Å²) in [6.07, 6.45) is 1.15. The monoisotopic (exact) mass is 228 g/mol. The molecule has 6 heteroatoms. The average Bonchev–Trinajstić information content (AvgIpc) is 2.19. The Morgan fingerprint density at radius 3 is 2.94 bits per heavy atom. The molecule has 0 saturated heterocycles. The van der Waals surface area contributed by atoms with Crippen LogP contribution in [0.25, 0.3) is 0 Å². The fourth-order valence-corrected chi connectivity index (χ4v) is 1.13. The maximum atomic E-state index is 13.5.